The predicted octanol–water partition coefficient (Wildman–Crippen LogP) is 1.76. The molecule has 1 aromatic rings. The Kier molecular flexibility index (Phi) is 4.48. The van der Waals surface area contributed by atoms with E-state index in [0.717, 1.165) is 25.9 Å². The molecule has 20 heavy (non-hydrogen) atoms. The topological polar surface area (TPSA) is 58.9 Å². The molecule has 1 aliphatic rings. The zero-order valence-electron chi connectivity index (χ0n) is 12.9. The molecule has 0 spiro atoms. The molecule has 1 saturated carbocycles. The summed E-state index contributed by atoms with van der Waals surface area (Å²) in [6.45, 7) is 10.1. The van der Waals surface area contributed by atoms with Crippen molar-refractivity contribution < 1.29 is 4.79 Å². The maximum atomic E-state index is 12.1. The van der Waals surface area contributed by atoms with E-state index in [2.05, 4.69) is 43.4 Å². The van der Waals surface area contributed by atoms with E-state index in [1.54, 1.807) is 6.20 Å². The van der Waals surface area contributed by atoms with Gasteiger partial charge in [0.1, 0.15) is 0 Å². The highest BCUT2D eigenvalue weighted by molar-refractivity contribution is 5.93. The van der Waals surface area contributed by atoms with E-state index in [1.807, 2.05) is 10.9 Å². The first-order valence-corrected chi connectivity index (χ1v) is 7.47. The number of rotatable bonds is 5. The van der Waals surface area contributed by atoms with Gasteiger partial charge in [0.25, 0.3) is 5.91 Å². The third-order valence-electron chi connectivity index (χ3n) is 3.81. The smallest absolute Gasteiger partial charge is 0.254 e. The molecule has 112 valence electrons. The SMILES string of the molecule is CCNC1CC(CNC(=O)c2cnn(C(C)(C)C)c2)C1. The van der Waals surface area contributed by atoms with Gasteiger partial charge in [-0.15, -0.1) is 0 Å². The first-order valence-electron chi connectivity index (χ1n) is 7.47. The molecular formula is C15H26N4O. The summed E-state index contributed by atoms with van der Waals surface area (Å²) in [6, 6.07) is 0.644. The van der Waals surface area contributed by atoms with Gasteiger partial charge in [-0.05, 0) is 46.1 Å². The van der Waals surface area contributed by atoms with Crippen LogP contribution in [0.5, 0.6) is 0 Å². The van der Waals surface area contributed by atoms with Crippen molar-refractivity contribution in [3.63, 3.8) is 0 Å². The molecule has 2 N–H and O–H groups in total. The molecule has 0 aliphatic heterocycles. The molecule has 1 aromatic heterocycles. The average Bonchev–Trinajstić information content (AvgIpc) is 2.80. The number of nitrogens with zero attached hydrogens (tertiary/aromatic N) is 2. The van der Waals surface area contributed by atoms with Crippen LogP contribution >= 0.6 is 0 Å². The summed E-state index contributed by atoms with van der Waals surface area (Å²) in [4.78, 5) is 12.1. The maximum Gasteiger partial charge on any atom is 0.254 e. The summed E-state index contributed by atoms with van der Waals surface area (Å²) in [5.74, 6) is 0.591. The van der Waals surface area contributed by atoms with Crippen LogP contribution in [0.1, 0.15) is 50.9 Å². The van der Waals surface area contributed by atoms with Crippen molar-refractivity contribution in [2.45, 2.75) is 52.1 Å². The maximum absolute atomic E-state index is 12.1. The average molecular weight is 278 g/mol. The second-order valence-electron chi connectivity index (χ2n) is 6.65. The molecular weight excluding hydrogens is 252 g/mol. The van der Waals surface area contributed by atoms with Crippen LogP contribution in [-0.4, -0.2) is 34.8 Å². The molecule has 0 bridgehead atoms. The van der Waals surface area contributed by atoms with Crippen molar-refractivity contribution in [3.05, 3.63) is 18.0 Å². The Labute approximate surface area is 121 Å². The molecule has 0 unspecified atom stereocenters. The standard InChI is InChI=1S/C15H26N4O/c1-5-16-13-6-11(7-13)8-17-14(20)12-9-18-19(10-12)15(2,3)4/h9-11,13,16H,5-8H2,1-4H3,(H,17,20). The summed E-state index contributed by atoms with van der Waals surface area (Å²) in [5.41, 5.74) is 0.549. The number of hydrogen-bond acceptors (Lipinski definition) is 3. The van der Waals surface area contributed by atoms with Gasteiger partial charge in [-0.3, -0.25) is 9.48 Å². The minimum Gasteiger partial charge on any atom is -0.352 e. The Hall–Kier alpha value is -1.36. The molecule has 1 fully saturated rings. The Balaban J connectivity index is 1.77. The highest BCUT2D eigenvalue weighted by Gasteiger charge is 2.28. The Bertz CT molecular complexity index is 455. The van der Waals surface area contributed by atoms with Crippen LogP contribution in [0.15, 0.2) is 12.4 Å². The summed E-state index contributed by atoms with van der Waals surface area (Å²) in [6.07, 6.45) is 5.78. The molecule has 0 atom stereocenters. The molecule has 1 amide bonds. The number of aromatic nitrogens is 2. The van der Waals surface area contributed by atoms with Gasteiger partial charge in [0.05, 0.1) is 17.3 Å². The predicted molar refractivity (Wildman–Crippen MR) is 79.7 cm³/mol. The van der Waals surface area contributed by atoms with Gasteiger partial charge in [0.2, 0.25) is 0 Å². The normalized spacial score (nSPS) is 22.4. The molecule has 0 aromatic carbocycles. The van der Waals surface area contributed by atoms with E-state index in [0.29, 0.717) is 17.5 Å². The third-order valence-corrected chi connectivity index (χ3v) is 3.81. The van der Waals surface area contributed by atoms with Gasteiger partial charge in [0.15, 0.2) is 0 Å². The van der Waals surface area contributed by atoms with Crippen LogP contribution in [-0.2, 0) is 5.54 Å². The van der Waals surface area contributed by atoms with E-state index in [9.17, 15) is 4.79 Å². The van der Waals surface area contributed by atoms with Crippen LogP contribution in [0.4, 0.5) is 0 Å². The van der Waals surface area contributed by atoms with Crippen molar-refractivity contribution in [1.82, 2.24) is 20.4 Å². The monoisotopic (exact) mass is 278 g/mol. The number of nitrogens with one attached hydrogen (secondary N) is 2. The lowest BCUT2D eigenvalue weighted by molar-refractivity contribution is 0.0931. The van der Waals surface area contributed by atoms with Crippen molar-refractivity contribution in [3.8, 4) is 0 Å². The largest absolute Gasteiger partial charge is 0.352 e. The van der Waals surface area contributed by atoms with Crippen LogP contribution in [0.2, 0.25) is 0 Å². The van der Waals surface area contributed by atoms with Crippen molar-refractivity contribution in [2.75, 3.05) is 13.1 Å². The molecule has 2 rings (SSSR count). The van der Waals surface area contributed by atoms with Crippen molar-refractivity contribution in [1.29, 1.82) is 0 Å². The second kappa shape index (κ2) is 5.95. The fourth-order valence-electron chi connectivity index (χ4n) is 2.50. The lowest BCUT2D eigenvalue weighted by atomic mass is 9.80. The van der Waals surface area contributed by atoms with Crippen LogP contribution in [0.25, 0.3) is 0 Å². The zero-order valence-corrected chi connectivity index (χ0v) is 12.9. The van der Waals surface area contributed by atoms with Crippen LogP contribution in [0, 0.1) is 5.92 Å². The fourth-order valence-corrected chi connectivity index (χ4v) is 2.50. The molecule has 5 heteroatoms. The van der Waals surface area contributed by atoms with Gasteiger partial charge in [-0.1, -0.05) is 6.92 Å². The molecule has 1 aliphatic carbocycles. The fraction of sp³-hybridized carbons (Fsp3) is 0.733. The summed E-state index contributed by atoms with van der Waals surface area (Å²) in [7, 11) is 0. The van der Waals surface area contributed by atoms with Gasteiger partial charge < -0.3 is 10.6 Å². The summed E-state index contributed by atoms with van der Waals surface area (Å²) >= 11 is 0. The van der Waals surface area contributed by atoms with E-state index in [4.69, 9.17) is 0 Å². The number of carbonyl (C=O) groups is 1. The minimum absolute atomic E-state index is 0.0209. The van der Waals surface area contributed by atoms with Gasteiger partial charge in [-0.25, -0.2) is 0 Å². The van der Waals surface area contributed by atoms with Gasteiger partial charge >= 0.3 is 0 Å². The number of hydrogen-bond donors (Lipinski definition) is 2. The zero-order chi connectivity index (χ0) is 14.8. The Morgan fingerprint density at radius 1 is 1.45 bits per heavy atom. The third kappa shape index (κ3) is 3.60. The van der Waals surface area contributed by atoms with Crippen LogP contribution < -0.4 is 10.6 Å². The Morgan fingerprint density at radius 3 is 2.70 bits per heavy atom. The van der Waals surface area contributed by atoms with Crippen LogP contribution in [0.3, 0.4) is 0 Å². The molecule has 1 heterocycles. The van der Waals surface area contributed by atoms with E-state index in [1.165, 1.54) is 0 Å². The highest BCUT2D eigenvalue weighted by atomic mass is 16.1. The van der Waals surface area contributed by atoms with E-state index >= 15 is 0 Å². The highest BCUT2D eigenvalue weighted by Crippen LogP contribution is 2.26. The summed E-state index contributed by atoms with van der Waals surface area (Å²) in [5, 5.41) is 10.7. The molecule has 5 nitrogen and oxygen atoms in total. The first-order chi connectivity index (χ1) is 9.40. The lowest BCUT2D eigenvalue weighted by Crippen LogP contribution is -2.45. The Morgan fingerprint density at radius 2 is 2.15 bits per heavy atom. The van der Waals surface area contributed by atoms with Crippen molar-refractivity contribution in [2.24, 2.45) is 5.92 Å². The lowest BCUT2D eigenvalue weighted by Gasteiger charge is -2.35. The molecule has 0 radical (unpaired) electrons. The van der Waals surface area contributed by atoms with Crippen molar-refractivity contribution >= 4 is 5.91 Å². The van der Waals surface area contributed by atoms with E-state index in [-0.39, 0.29) is 11.4 Å². The van der Waals surface area contributed by atoms with E-state index < -0.39 is 0 Å². The second-order valence-corrected chi connectivity index (χ2v) is 6.65. The quantitative estimate of drug-likeness (QED) is 0.863. The minimum atomic E-state index is -0.0917. The molecule has 0 saturated heterocycles. The van der Waals surface area contributed by atoms with Gasteiger partial charge in [0, 0.05) is 18.8 Å². The number of carbonyl (C=O) groups excluding carboxylic acids is 1. The van der Waals surface area contributed by atoms with Gasteiger partial charge in [-0.2, -0.15) is 5.10 Å². The first kappa shape index (κ1) is 15.0. The number of amides is 1. The summed E-state index contributed by atoms with van der Waals surface area (Å²) < 4.78 is 1.83.